The lowest BCUT2D eigenvalue weighted by Crippen LogP contribution is -1.88. The fourth-order valence-corrected chi connectivity index (χ4v) is 8.11. The molecule has 0 spiro atoms. The first-order valence-electron chi connectivity index (χ1n) is 17.3. The van der Waals surface area contributed by atoms with Crippen molar-refractivity contribution in [2.75, 3.05) is 0 Å². The minimum atomic E-state index is 1.22. The van der Waals surface area contributed by atoms with Gasteiger partial charge < -0.3 is 0 Å². The third-order valence-corrected chi connectivity index (χ3v) is 10.4. The summed E-state index contributed by atoms with van der Waals surface area (Å²) in [6.07, 6.45) is 0. The monoisotopic (exact) mass is 632 g/mol. The Balaban J connectivity index is 1.11. The fraction of sp³-hybridized carbons (Fsp3) is 0. The van der Waals surface area contributed by atoms with Gasteiger partial charge in [-0.05, 0) is 123 Å². The van der Waals surface area contributed by atoms with Gasteiger partial charge in [0.1, 0.15) is 0 Å². The van der Waals surface area contributed by atoms with Crippen molar-refractivity contribution in [2.24, 2.45) is 0 Å². The maximum absolute atomic E-state index is 2.36. The van der Waals surface area contributed by atoms with Gasteiger partial charge >= 0.3 is 0 Å². The number of fused-ring (bicyclic) bond motifs is 7. The highest BCUT2D eigenvalue weighted by molar-refractivity contribution is 6.15. The molecule has 0 bridgehead atoms. The smallest absolute Gasteiger partial charge is 0.00988 e. The second kappa shape index (κ2) is 11.6. The molecule has 0 unspecified atom stereocenters. The van der Waals surface area contributed by atoms with Gasteiger partial charge in [-0.2, -0.15) is 0 Å². The van der Waals surface area contributed by atoms with E-state index in [0.29, 0.717) is 0 Å². The zero-order valence-corrected chi connectivity index (χ0v) is 27.5. The summed E-state index contributed by atoms with van der Waals surface area (Å²) in [5, 5.41) is 12.8. The quantitative estimate of drug-likeness (QED) is 0.169. The number of hydrogen-bond acceptors (Lipinski definition) is 0. The molecular formula is C50H32. The third kappa shape index (κ3) is 4.61. The third-order valence-electron chi connectivity index (χ3n) is 10.4. The summed E-state index contributed by atoms with van der Waals surface area (Å²) in [7, 11) is 0. The molecule has 0 amide bonds. The van der Waals surface area contributed by atoms with Crippen molar-refractivity contribution in [3.05, 3.63) is 194 Å². The molecule has 0 nitrogen and oxygen atoms in total. The number of hydrogen-bond donors (Lipinski definition) is 0. The Hall–Kier alpha value is -6.50. The molecule has 0 heteroatoms. The SMILES string of the molecule is c1cc(-c2cccc3c(-c4cccc(-c5cc6ccccc6c6ccccc56)c4)cccc23)cc(-c2cc3ccccc3c3ccccc23)c1. The van der Waals surface area contributed by atoms with Crippen LogP contribution in [0.5, 0.6) is 0 Å². The maximum Gasteiger partial charge on any atom is -0.00988 e. The second-order valence-corrected chi connectivity index (χ2v) is 13.2. The predicted molar refractivity (Wildman–Crippen MR) is 216 cm³/mol. The zero-order valence-electron chi connectivity index (χ0n) is 27.5. The van der Waals surface area contributed by atoms with E-state index in [1.54, 1.807) is 0 Å². The fourth-order valence-electron chi connectivity index (χ4n) is 8.11. The molecule has 0 saturated heterocycles. The standard InChI is InChI=1S/C50H32/c1-3-19-39-37(13-1)31-49(47-23-7-5-21-43(39)47)35-17-9-15-33(29-35)41-25-11-28-46-42(26-12-27-45(41)46)34-16-10-18-36(30-34)50-32-38-14-2-4-20-40(38)44-22-6-8-24-48(44)50/h1-32H. The molecule has 0 radical (unpaired) electrons. The molecule has 10 rings (SSSR count). The van der Waals surface area contributed by atoms with E-state index in [2.05, 4.69) is 194 Å². The molecule has 0 atom stereocenters. The van der Waals surface area contributed by atoms with E-state index in [0.717, 1.165) is 0 Å². The van der Waals surface area contributed by atoms with Crippen molar-refractivity contribution in [3.63, 3.8) is 0 Å². The molecule has 0 aliphatic heterocycles. The van der Waals surface area contributed by atoms with Crippen LogP contribution in [0.25, 0.3) is 98.4 Å². The lowest BCUT2D eigenvalue weighted by molar-refractivity contribution is 1.61. The molecule has 0 saturated carbocycles. The first-order chi connectivity index (χ1) is 24.8. The summed E-state index contributed by atoms with van der Waals surface area (Å²) in [5.74, 6) is 0. The number of rotatable bonds is 4. The van der Waals surface area contributed by atoms with Gasteiger partial charge in [-0.3, -0.25) is 0 Å². The van der Waals surface area contributed by atoms with Crippen molar-refractivity contribution in [3.8, 4) is 44.5 Å². The highest BCUT2D eigenvalue weighted by atomic mass is 14.2. The highest BCUT2D eigenvalue weighted by Crippen LogP contribution is 2.41. The van der Waals surface area contributed by atoms with Gasteiger partial charge in [0.15, 0.2) is 0 Å². The summed E-state index contributed by atoms with van der Waals surface area (Å²) < 4.78 is 0. The summed E-state index contributed by atoms with van der Waals surface area (Å²) in [6, 6.07) is 71.3. The summed E-state index contributed by atoms with van der Waals surface area (Å²) in [6.45, 7) is 0. The lowest BCUT2D eigenvalue weighted by Gasteiger charge is -2.15. The molecule has 0 heterocycles. The van der Waals surface area contributed by atoms with Crippen LogP contribution in [0.2, 0.25) is 0 Å². The van der Waals surface area contributed by atoms with Crippen molar-refractivity contribution in [1.82, 2.24) is 0 Å². The van der Waals surface area contributed by atoms with Crippen LogP contribution >= 0.6 is 0 Å². The van der Waals surface area contributed by atoms with Gasteiger partial charge in [-0.25, -0.2) is 0 Å². The number of benzene rings is 10. The second-order valence-electron chi connectivity index (χ2n) is 13.2. The zero-order chi connectivity index (χ0) is 33.0. The molecule has 0 aliphatic rings. The molecular weight excluding hydrogens is 601 g/mol. The van der Waals surface area contributed by atoms with E-state index >= 15 is 0 Å². The van der Waals surface area contributed by atoms with Crippen LogP contribution < -0.4 is 0 Å². The Morgan fingerprint density at radius 2 is 0.480 bits per heavy atom. The molecule has 0 fully saturated rings. The molecule has 0 N–H and O–H groups in total. The molecule has 10 aromatic carbocycles. The van der Waals surface area contributed by atoms with E-state index < -0.39 is 0 Å². The topological polar surface area (TPSA) is 0 Å². The van der Waals surface area contributed by atoms with Gasteiger partial charge in [-0.1, -0.05) is 170 Å². The van der Waals surface area contributed by atoms with Crippen molar-refractivity contribution in [1.29, 1.82) is 0 Å². The van der Waals surface area contributed by atoms with Gasteiger partial charge in [-0.15, -0.1) is 0 Å². The summed E-state index contributed by atoms with van der Waals surface area (Å²) in [4.78, 5) is 0. The van der Waals surface area contributed by atoms with Crippen LogP contribution in [-0.2, 0) is 0 Å². The molecule has 0 aromatic heterocycles. The van der Waals surface area contributed by atoms with Gasteiger partial charge in [0.25, 0.3) is 0 Å². The normalized spacial score (nSPS) is 11.6. The summed E-state index contributed by atoms with van der Waals surface area (Å²) in [5.41, 5.74) is 9.92. The van der Waals surface area contributed by atoms with Crippen LogP contribution in [0.1, 0.15) is 0 Å². The van der Waals surface area contributed by atoms with Gasteiger partial charge in [0.05, 0.1) is 0 Å². The van der Waals surface area contributed by atoms with Crippen LogP contribution in [-0.4, -0.2) is 0 Å². The predicted octanol–water partition coefficient (Wildman–Crippen LogP) is 14.1. The van der Waals surface area contributed by atoms with Crippen LogP contribution in [0.4, 0.5) is 0 Å². The average molecular weight is 633 g/mol. The van der Waals surface area contributed by atoms with Gasteiger partial charge in [0.2, 0.25) is 0 Å². The minimum absolute atomic E-state index is 1.22. The van der Waals surface area contributed by atoms with Gasteiger partial charge in [0, 0.05) is 0 Å². The molecule has 0 aliphatic carbocycles. The Labute approximate surface area is 291 Å². The van der Waals surface area contributed by atoms with Crippen molar-refractivity contribution >= 4 is 53.9 Å². The highest BCUT2D eigenvalue weighted by Gasteiger charge is 2.14. The molecule has 10 aromatic rings. The van der Waals surface area contributed by atoms with E-state index in [1.807, 2.05) is 0 Å². The van der Waals surface area contributed by atoms with Crippen molar-refractivity contribution < 1.29 is 0 Å². The Morgan fingerprint density at radius 1 is 0.180 bits per heavy atom. The van der Waals surface area contributed by atoms with Crippen LogP contribution in [0.15, 0.2) is 194 Å². The molecule has 232 valence electrons. The van der Waals surface area contributed by atoms with E-state index in [9.17, 15) is 0 Å². The first kappa shape index (κ1) is 28.5. The largest absolute Gasteiger partial charge is 0.0616 e. The van der Waals surface area contributed by atoms with Crippen LogP contribution in [0, 0.1) is 0 Å². The van der Waals surface area contributed by atoms with E-state index in [-0.39, 0.29) is 0 Å². The average Bonchev–Trinajstić information content (AvgIpc) is 3.20. The van der Waals surface area contributed by atoms with Crippen molar-refractivity contribution in [2.45, 2.75) is 0 Å². The molecule has 50 heavy (non-hydrogen) atoms. The van der Waals surface area contributed by atoms with E-state index in [4.69, 9.17) is 0 Å². The Morgan fingerprint density at radius 3 is 0.920 bits per heavy atom. The Bertz CT molecular complexity index is 2730. The maximum atomic E-state index is 2.36. The minimum Gasteiger partial charge on any atom is -0.0616 e. The van der Waals surface area contributed by atoms with Crippen LogP contribution in [0.3, 0.4) is 0 Å². The summed E-state index contributed by atoms with van der Waals surface area (Å²) >= 11 is 0. The first-order valence-corrected chi connectivity index (χ1v) is 17.3. The Kier molecular flexibility index (Phi) is 6.60. The lowest BCUT2D eigenvalue weighted by atomic mass is 9.89. The van der Waals surface area contributed by atoms with E-state index in [1.165, 1.54) is 98.4 Å².